The van der Waals surface area contributed by atoms with E-state index in [1.54, 1.807) is 0 Å². The van der Waals surface area contributed by atoms with Gasteiger partial charge >= 0.3 is 0 Å². The van der Waals surface area contributed by atoms with Gasteiger partial charge in [-0.1, -0.05) is 26.7 Å². The maximum absolute atomic E-state index is 12.2. The molecule has 4 nitrogen and oxygen atoms in total. The largest absolute Gasteiger partial charge is 0.352 e. The molecule has 5 heteroatoms. The second-order valence-electron chi connectivity index (χ2n) is 6.78. The van der Waals surface area contributed by atoms with E-state index in [9.17, 15) is 13.2 Å². The maximum Gasteiger partial charge on any atom is 0.235 e. The van der Waals surface area contributed by atoms with E-state index in [0.717, 1.165) is 44.9 Å². The van der Waals surface area contributed by atoms with Gasteiger partial charge in [0, 0.05) is 6.04 Å². The first-order valence-electron chi connectivity index (χ1n) is 7.89. The fourth-order valence-electron chi connectivity index (χ4n) is 3.68. The monoisotopic (exact) mass is 301 g/mol. The molecule has 0 heterocycles. The number of hydrogen-bond acceptors (Lipinski definition) is 3. The Morgan fingerprint density at radius 1 is 1.10 bits per heavy atom. The Kier molecular flexibility index (Phi) is 5.10. The van der Waals surface area contributed by atoms with Crippen molar-refractivity contribution in [3.8, 4) is 0 Å². The third-order valence-electron chi connectivity index (χ3n) is 4.92. The summed E-state index contributed by atoms with van der Waals surface area (Å²) in [6, 6.07) is 0.150. The molecule has 0 spiro atoms. The third kappa shape index (κ3) is 3.96. The predicted octanol–water partition coefficient (Wildman–Crippen LogP) is 2.28. The number of rotatable bonds is 4. The number of hydrogen-bond donors (Lipinski definition) is 1. The van der Waals surface area contributed by atoms with E-state index in [-0.39, 0.29) is 23.0 Å². The Morgan fingerprint density at radius 3 is 2.35 bits per heavy atom. The number of sulfone groups is 1. The number of carbonyl (C=O) groups is 1. The zero-order chi connectivity index (χ0) is 14.8. The van der Waals surface area contributed by atoms with Gasteiger partial charge in [0.1, 0.15) is 5.75 Å². The van der Waals surface area contributed by atoms with Crippen molar-refractivity contribution in [1.29, 1.82) is 0 Å². The molecule has 0 aliphatic heterocycles. The van der Waals surface area contributed by atoms with E-state index in [1.807, 2.05) is 0 Å². The lowest BCUT2D eigenvalue weighted by molar-refractivity contribution is -0.120. The van der Waals surface area contributed by atoms with Crippen LogP contribution in [-0.2, 0) is 14.6 Å². The van der Waals surface area contributed by atoms with E-state index >= 15 is 0 Å². The molecule has 20 heavy (non-hydrogen) atoms. The fraction of sp³-hybridized carbons (Fsp3) is 0.933. The van der Waals surface area contributed by atoms with Crippen LogP contribution >= 0.6 is 0 Å². The first-order chi connectivity index (χ1) is 9.38. The highest BCUT2D eigenvalue weighted by Crippen LogP contribution is 2.29. The molecule has 116 valence electrons. The lowest BCUT2D eigenvalue weighted by atomic mass is 9.80. The second kappa shape index (κ2) is 6.46. The summed E-state index contributed by atoms with van der Waals surface area (Å²) in [7, 11) is -3.25. The zero-order valence-corrected chi connectivity index (χ0v) is 13.4. The first-order valence-corrected chi connectivity index (χ1v) is 9.61. The molecule has 2 rings (SSSR count). The lowest BCUT2D eigenvalue weighted by Crippen LogP contribution is -2.45. The van der Waals surface area contributed by atoms with Gasteiger partial charge in [-0.3, -0.25) is 4.79 Å². The summed E-state index contributed by atoms with van der Waals surface area (Å²) in [5, 5.41) is 2.67. The minimum Gasteiger partial charge on any atom is -0.352 e. The molecule has 0 unspecified atom stereocenters. The molecule has 2 aliphatic carbocycles. The quantitative estimate of drug-likeness (QED) is 0.866. The van der Waals surface area contributed by atoms with Crippen LogP contribution < -0.4 is 5.32 Å². The minimum absolute atomic E-state index is 0.150. The van der Waals surface area contributed by atoms with E-state index in [1.165, 1.54) is 0 Å². The normalized spacial score (nSPS) is 32.2. The highest BCUT2D eigenvalue weighted by atomic mass is 32.2. The Hall–Kier alpha value is -0.580. The molecule has 0 aromatic heterocycles. The molecule has 0 aromatic carbocycles. The van der Waals surface area contributed by atoms with Gasteiger partial charge in [-0.05, 0) is 43.9 Å². The van der Waals surface area contributed by atoms with Crippen LogP contribution in [0.2, 0.25) is 0 Å². The Balaban J connectivity index is 1.86. The Bertz CT molecular complexity index is 440. The molecule has 3 atom stereocenters. The highest BCUT2D eigenvalue weighted by Gasteiger charge is 2.32. The zero-order valence-electron chi connectivity index (χ0n) is 12.6. The van der Waals surface area contributed by atoms with Crippen molar-refractivity contribution in [3.05, 3.63) is 0 Å². The predicted molar refractivity (Wildman–Crippen MR) is 80.2 cm³/mol. The Labute approximate surface area is 122 Å². The number of carbonyl (C=O) groups excluding carboxylic acids is 1. The molecule has 2 fully saturated rings. The van der Waals surface area contributed by atoms with E-state index in [2.05, 4.69) is 19.2 Å². The molecular formula is C15H27NO3S. The summed E-state index contributed by atoms with van der Waals surface area (Å²) in [4.78, 5) is 12.0. The second-order valence-corrected chi connectivity index (χ2v) is 9.06. The van der Waals surface area contributed by atoms with Crippen molar-refractivity contribution in [2.75, 3.05) is 5.75 Å². The van der Waals surface area contributed by atoms with Crippen molar-refractivity contribution in [2.45, 2.75) is 70.1 Å². The lowest BCUT2D eigenvalue weighted by Gasteiger charge is -2.33. The van der Waals surface area contributed by atoms with E-state index in [4.69, 9.17) is 0 Å². The molecule has 0 saturated heterocycles. The third-order valence-corrected chi connectivity index (χ3v) is 7.07. The van der Waals surface area contributed by atoms with Crippen LogP contribution in [0.15, 0.2) is 0 Å². The fourth-order valence-corrected chi connectivity index (χ4v) is 5.41. The van der Waals surface area contributed by atoms with Crippen LogP contribution in [0, 0.1) is 11.8 Å². The van der Waals surface area contributed by atoms with E-state index < -0.39 is 9.84 Å². The Morgan fingerprint density at radius 2 is 1.75 bits per heavy atom. The summed E-state index contributed by atoms with van der Waals surface area (Å²) < 4.78 is 24.3. The summed E-state index contributed by atoms with van der Waals surface area (Å²) in [5.74, 6) is 0.525. The van der Waals surface area contributed by atoms with Gasteiger partial charge in [0.15, 0.2) is 9.84 Å². The maximum atomic E-state index is 12.2. The SMILES string of the molecule is C[C@@H]1CC[C@@H](NC(=O)CS(=O)(=O)C2CCCC2)[C@@H](C)C1. The van der Waals surface area contributed by atoms with Crippen molar-refractivity contribution >= 4 is 15.7 Å². The van der Waals surface area contributed by atoms with Crippen molar-refractivity contribution in [1.82, 2.24) is 5.32 Å². The molecule has 1 amide bonds. The van der Waals surface area contributed by atoms with Gasteiger partial charge in [-0.25, -0.2) is 8.42 Å². The van der Waals surface area contributed by atoms with Crippen LogP contribution in [-0.4, -0.2) is 31.4 Å². The van der Waals surface area contributed by atoms with Crippen LogP contribution in [0.3, 0.4) is 0 Å². The molecule has 0 aromatic rings. The highest BCUT2D eigenvalue weighted by molar-refractivity contribution is 7.92. The van der Waals surface area contributed by atoms with Crippen molar-refractivity contribution < 1.29 is 13.2 Å². The average molecular weight is 301 g/mol. The van der Waals surface area contributed by atoms with Crippen LogP contribution in [0.1, 0.15) is 58.8 Å². The summed E-state index contributed by atoms with van der Waals surface area (Å²) in [6.07, 6.45) is 6.61. The van der Waals surface area contributed by atoms with Gasteiger partial charge in [0.25, 0.3) is 0 Å². The summed E-state index contributed by atoms with van der Waals surface area (Å²) in [5.41, 5.74) is 0. The molecule has 2 aliphatic rings. The van der Waals surface area contributed by atoms with Gasteiger partial charge < -0.3 is 5.32 Å². The van der Waals surface area contributed by atoms with Gasteiger partial charge in [0.2, 0.25) is 5.91 Å². The molecule has 0 bridgehead atoms. The standard InChI is InChI=1S/C15H27NO3S/c1-11-7-8-14(12(2)9-11)16-15(17)10-20(18,19)13-5-3-4-6-13/h11-14H,3-10H2,1-2H3,(H,16,17)/t11-,12+,14-/m1/s1. The number of nitrogens with one attached hydrogen (secondary N) is 1. The van der Waals surface area contributed by atoms with E-state index in [0.29, 0.717) is 11.8 Å². The molecule has 2 saturated carbocycles. The van der Waals surface area contributed by atoms with Crippen molar-refractivity contribution in [3.63, 3.8) is 0 Å². The first kappa shape index (κ1) is 15.8. The van der Waals surface area contributed by atoms with Gasteiger partial charge in [0.05, 0.1) is 5.25 Å². The van der Waals surface area contributed by atoms with Crippen LogP contribution in [0.25, 0.3) is 0 Å². The molecule has 1 N–H and O–H groups in total. The summed E-state index contributed by atoms with van der Waals surface area (Å²) >= 11 is 0. The minimum atomic E-state index is -3.25. The summed E-state index contributed by atoms with van der Waals surface area (Å²) in [6.45, 7) is 4.38. The van der Waals surface area contributed by atoms with Crippen LogP contribution in [0.5, 0.6) is 0 Å². The smallest absolute Gasteiger partial charge is 0.235 e. The van der Waals surface area contributed by atoms with Crippen molar-refractivity contribution in [2.24, 2.45) is 11.8 Å². The van der Waals surface area contributed by atoms with Gasteiger partial charge in [-0.15, -0.1) is 0 Å². The van der Waals surface area contributed by atoms with Crippen LogP contribution in [0.4, 0.5) is 0 Å². The molecular weight excluding hydrogens is 274 g/mol. The van der Waals surface area contributed by atoms with Gasteiger partial charge in [-0.2, -0.15) is 0 Å². The number of amides is 1. The average Bonchev–Trinajstić information content (AvgIpc) is 2.86. The topological polar surface area (TPSA) is 63.2 Å². The molecule has 0 radical (unpaired) electrons.